The Morgan fingerprint density at radius 2 is 1.90 bits per heavy atom. The van der Waals surface area contributed by atoms with Crippen molar-refractivity contribution < 1.29 is 19.2 Å². The topological polar surface area (TPSA) is 72.6 Å². The second kappa shape index (κ2) is 6.12. The number of rotatable bonds is 5. The van der Waals surface area contributed by atoms with E-state index in [1.165, 1.54) is 0 Å². The van der Waals surface area contributed by atoms with Gasteiger partial charge in [-0.15, -0.1) is 0 Å². The third kappa shape index (κ3) is 3.30. The quantitative estimate of drug-likeness (QED) is 0.673. The number of aliphatic hydroxyl groups excluding tert-OH is 1. The minimum absolute atomic E-state index is 0.0738. The van der Waals surface area contributed by atoms with Crippen LogP contribution in [0.2, 0.25) is 0 Å². The fourth-order valence-electron chi connectivity index (χ4n) is 1.70. The predicted molar refractivity (Wildman–Crippen MR) is 69.8 cm³/mol. The van der Waals surface area contributed by atoms with Gasteiger partial charge in [0.25, 0.3) is 5.69 Å². The lowest BCUT2D eigenvalue weighted by atomic mass is 10.2. The Kier molecular flexibility index (Phi) is 4.27. The van der Waals surface area contributed by atoms with Crippen molar-refractivity contribution in [2.45, 2.75) is 13.2 Å². The minimum atomic E-state index is -0.576. The predicted octanol–water partition coefficient (Wildman–Crippen LogP) is 2.81. The summed E-state index contributed by atoms with van der Waals surface area (Å²) in [4.78, 5) is 10.3. The Bertz CT molecular complexity index is 613. The molecule has 0 unspecified atom stereocenters. The average Bonchev–Trinajstić information content (AvgIpc) is 2.45. The molecular formula is C14H12FNO4. The number of nitrogens with zero attached hydrogens (tertiary/aromatic N) is 1. The van der Waals surface area contributed by atoms with Crippen LogP contribution in [-0.4, -0.2) is 10.0 Å². The number of ether oxygens (including phenoxy) is 1. The van der Waals surface area contributed by atoms with Gasteiger partial charge < -0.3 is 9.84 Å². The van der Waals surface area contributed by atoms with Gasteiger partial charge in [-0.3, -0.25) is 10.1 Å². The first-order chi connectivity index (χ1) is 9.60. The van der Waals surface area contributed by atoms with Gasteiger partial charge in [0, 0.05) is 6.07 Å². The summed E-state index contributed by atoms with van der Waals surface area (Å²) in [5.74, 6) is -0.0643. The van der Waals surface area contributed by atoms with E-state index < -0.39 is 10.7 Å². The van der Waals surface area contributed by atoms with Gasteiger partial charge in [-0.2, -0.15) is 0 Å². The Morgan fingerprint density at radius 1 is 1.20 bits per heavy atom. The zero-order valence-corrected chi connectivity index (χ0v) is 10.5. The van der Waals surface area contributed by atoms with Crippen LogP contribution in [0.15, 0.2) is 42.5 Å². The summed E-state index contributed by atoms with van der Waals surface area (Å²) in [6.45, 7) is -0.178. The van der Waals surface area contributed by atoms with Crippen LogP contribution >= 0.6 is 0 Å². The average molecular weight is 277 g/mol. The van der Waals surface area contributed by atoms with Crippen LogP contribution in [0.25, 0.3) is 0 Å². The minimum Gasteiger partial charge on any atom is -0.489 e. The molecule has 0 aliphatic rings. The highest BCUT2D eigenvalue weighted by molar-refractivity contribution is 5.40. The van der Waals surface area contributed by atoms with Crippen LogP contribution in [0.3, 0.4) is 0 Å². The van der Waals surface area contributed by atoms with Crippen LogP contribution in [0.4, 0.5) is 10.1 Å². The number of benzene rings is 2. The van der Waals surface area contributed by atoms with Crippen LogP contribution in [0.5, 0.6) is 5.75 Å². The van der Waals surface area contributed by atoms with Gasteiger partial charge in [-0.1, -0.05) is 12.1 Å². The van der Waals surface area contributed by atoms with Gasteiger partial charge >= 0.3 is 0 Å². The monoisotopic (exact) mass is 277 g/mol. The van der Waals surface area contributed by atoms with Crippen LogP contribution in [0.1, 0.15) is 11.1 Å². The molecule has 2 aromatic carbocycles. The van der Waals surface area contributed by atoms with Crippen molar-refractivity contribution in [3.63, 3.8) is 0 Å². The molecule has 0 radical (unpaired) electrons. The fraction of sp³-hybridized carbons (Fsp3) is 0.143. The second-order valence-corrected chi connectivity index (χ2v) is 4.12. The molecule has 2 aromatic rings. The SMILES string of the molecule is O=[N+]([O-])c1ccc(F)cc1COc1ccc(CO)cc1. The maximum Gasteiger partial charge on any atom is 0.276 e. The molecule has 104 valence electrons. The molecule has 0 bridgehead atoms. The molecule has 0 aromatic heterocycles. The van der Waals surface area contributed by atoms with E-state index in [9.17, 15) is 14.5 Å². The van der Waals surface area contributed by atoms with E-state index in [2.05, 4.69) is 0 Å². The lowest BCUT2D eigenvalue weighted by Crippen LogP contribution is -2.01. The van der Waals surface area contributed by atoms with Gasteiger partial charge in [0.05, 0.1) is 17.1 Å². The maximum atomic E-state index is 13.1. The van der Waals surface area contributed by atoms with Crippen LogP contribution < -0.4 is 4.74 Å². The van der Waals surface area contributed by atoms with Crippen molar-refractivity contribution in [1.29, 1.82) is 0 Å². The molecule has 0 spiro atoms. The molecule has 0 heterocycles. The molecule has 0 saturated carbocycles. The molecule has 6 heteroatoms. The van der Waals surface area contributed by atoms with Crippen molar-refractivity contribution in [3.05, 3.63) is 69.5 Å². The number of hydrogen-bond donors (Lipinski definition) is 1. The lowest BCUT2D eigenvalue weighted by Gasteiger charge is -2.07. The zero-order valence-electron chi connectivity index (χ0n) is 10.5. The van der Waals surface area contributed by atoms with E-state index in [0.717, 1.165) is 23.8 Å². The first-order valence-corrected chi connectivity index (χ1v) is 5.85. The largest absolute Gasteiger partial charge is 0.489 e. The lowest BCUT2D eigenvalue weighted by molar-refractivity contribution is -0.385. The van der Waals surface area contributed by atoms with Crippen molar-refractivity contribution in [3.8, 4) is 5.75 Å². The molecule has 5 nitrogen and oxygen atoms in total. The van der Waals surface area contributed by atoms with E-state index in [0.29, 0.717) is 5.75 Å². The molecular weight excluding hydrogens is 265 g/mol. The third-order valence-electron chi connectivity index (χ3n) is 2.74. The third-order valence-corrected chi connectivity index (χ3v) is 2.74. The number of aliphatic hydroxyl groups is 1. The zero-order chi connectivity index (χ0) is 14.5. The first-order valence-electron chi connectivity index (χ1n) is 5.85. The maximum absolute atomic E-state index is 13.1. The van der Waals surface area contributed by atoms with Crippen molar-refractivity contribution in [2.24, 2.45) is 0 Å². The number of hydrogen-bond acceptors (Lipinski definition) is 4. The number of halogens is 1. The van der Waals surface area contributed by atoms with E-state index >= 15 is 0 Å². The summed E-state index contributed by atoms with van der Waals surface area (Å²) in [5.41, 5.74) is 0.716. The smallest absolute Gasteiger partial charge is 0.276 e. The Labute approximate surface area is 114 Å². The summed E-state index contributed by atoms with van der Waals surface area (Å²) < 4.78 is 18.5. The molecule has 20 heavy (non-hydrogen) atoms. The summed E-state index contributed by atoms with van der Waals surface area (Å²) >= 11 is 0. The normalized spacial score (nSPS) is 10.3. The summed E-state index contributed by atoms with van der Waals surface area (Å²) in [6, 6.07) is 9.86. The summed E-state index contributed by atoms with van der Waals surface area (Å²) in [7, 11) is 0. The van der Waals surface area contributed by atoms with E-state index in [-0.39, 0.29) is 24.5 Å². The van der Waals surface area contributed by atoms with E-state index in [1.807, 2.05) is 0 Å². The first kappa shape index (κ1) is 14.0. The second-order valence-electron chi connectivity index (χ2n) is 4.12. The highest BCUT2D eigenvalue weighted by atomic mass is 19.1. The Hall–Kier alpha value is -2.47. The summed E-state index contributed by atoms with van der Waals surface area (Å²) in [5, 5.41) is 19.7. The van der Waals surface area contributed by atoms with Crippen molar-refractivity contribution in [2.75, 3.05) is 0 Å². The molecule has 1 N–H and O–H groups in total. The molecule has 0 fully saturated rings. The molecule has 0 atom stereocenters. The Morgan fingerprint density at radius 3 is 2.50 bits per heavy atom. The number of nitro groups is 1. The van der Waals surface area contributed by atoms with Gasteiger partial charge in [-0.25, -0.2) is 4.39 Å². The molecule has 0 aliphatic heterocycles. The van der Waals surface area contributed by atoms with Crippen molar-refractivity contribution in [1.82, 2.24) is 0 Å². The van der Waals surface area contributed by atoms with Crippen LogP contribution in [0, 0.1) is 15.9 Å². The summed E-state index contributed by atoms with van der Waals surface area (Å²) in [6.07, 6.45) is 0. The molecule has 0 saturated heterocycles. The highest BCUT2D eigenvalue weighted by Crippen LogP contribution is 2.22. The van der Waals surface area contributed by atoms with E-state index in [4.69, 9.17) is 9.84 Å². The molecule has 0 amide bonds. The molecule has 2 rings (SSSR count). The molecule has 0 aliphatic carbocycles. The fourth-order valence-corrected chi connectivity index (χ4v) is 1.70. The van der Waals surface area contributed by atoms with Gasteiger partial charge in [-0.05, 0) is 29.8 Å². The highest BCUT2D eigenvalue weighted by Gasteiger charge is 2.14. The Balaban J connectivity index is 2.13. The van der Waals surface area contributed by atoms with Crippen LogP contribution in [-0.2, 0) is 13.2 Å². The van der Waals surface area contributed by atoms with Gasteiger partial charge in [0.15, 0.2) is 0 Å². The standard InChI is InChI=1S/C14H12FNO4/c15-12-3-6-14(16(18)19)11(7-12)9-20-13-4-1-10(8-17)2-5-13/h1-7,17H,8-9H2. The van der Waals surface area contributed by atoms with E-state index in [1.54, 1.807) is 24.3 Å². The number of nitro benzene ring substituents is 1. The van der Waals surface area contributed by atoms with Gasteiger partial charge in [0.2, 0.25) is 0 Å². The van der Waals surface area contributed by atoms with Gasteiger partial charge in [0.1, 0.15) is 18.2 Å². The van der Waals surface area contributed by atoms with Crippen molar-refractivity contribution >= 4 is 5.69 Å².